The maximum atomic E-state index is 12.9. The summed E-state index contributed by atoms with van der Waals surface area (Å²) in [6, 6.07) is 6.30. The van der Waals surface area contributed by atoms with Gasteiger partial charge in [0.2, 0.25) is 0 Å². The molecule has 5 heteroatoms. The Kier molecular flexibility index (Phi) is 3.71. The Labute approximate surface area is 103 Å². The zero-order chi connectivity index (χ0) is 12.3. The topological polar surface area (TPSA) is 36.4 Å². The molecule has 1 aromatic heterocycles. The predicted molar refractivity (Wildman–Crippen MR) is 67.1 cm³/mol. The molecule has 0 bridgehead atoms. The van der Waals surface area contributed by atoms with Crippen molar-refractivity contribution in [2.75, 3.05) is 11.4 Å². The summed E-state index contributed by atoms with van der Waals surface area (Å²) in [4.78, 5) is 7.04. The van der Waals surface area contributed by atoms with Crippen molar-refractivity contribution in [1.29, 1.82) is 0 Å². The summed E-state index contributed by atoms with van der Waals surface area (Å²) in [6.07, 6.45) is 1.66. The predicted octanol–water partition coefficient (Wildman–Crippen LogP) is 2.93. The molecule has 2 aromatic rings. The average Bonchev–Trinajstić information content (AvgIpc) is 2.81. The smallest absolute Gasteiger partial charge is 0.190 e. The molecule has 0 radical (unpaired) electrons. The Morgan fingerprint density at radius 3 is 2.59 bits per heavy atom. The lowest BCUT2D eigenvalue weighted by molar-refractivity contribution is 0.285. The monoisotopic (exact) mass is 252 g/mol. The van der Waals surface area contributed by atoms with E-state index in [-0.39, 0.29) is 12.4 Å². The highest BCUT2D eigenvalue weighted by atomic mass is 32.1. The molecule has 0 saturated heterocycles. The van der Waals surface area contributed by atoms with Crippen LogP contribution in [0.3, 0.4) is 0 Å². The molecule has 1 N–H and O–H groups in total. The number of rotatable bonds is 4. The molecule has 0 fully saturated rings. The van der Waals surface area contributed by atoms with Crippen LogP contribution >= 0.6 is 11.3 Å². The molecule has 3 nitrogen and oxygen atoms in total. The Balaban J connectivity index is 2.29. The van der Waals surface area contributed by atoms with Gasteiger partial charge in [0.1, 0.15) is 5.82 Å². The summed E-state index contributed by atoms with van der Waals surface area (Å²) >= 11 is 1.44. The van der Waals surface area contributed by atoms with Gasteiger partial charge in [0, 0.05) is 18.4 Å². The second kappa shape index (κ2) is 5.25. The minimum Gasteiger partial charge on any atom is -0.391 e. The Morgan fingerprint density at radius 1 is 1.35 bits per heavy atom. The highest BCUT2D eigenvalue weighted by Gasteiger charge is 2.11. The van der Waals surface area contributed by atoms with Crippen molar-refractivity contribution >= 4 is 22.2 Å². The molecule has 0 spiro atoms. The maximum absolute atomic E-state index is 12.9. The first-order valence-corrected chi connectivity index (χ1v) is 6.15. The van der Waals surface area contributed by atoms with Gasteiger partial charge in [-0.15, -0.1) is 0 Å². The van der Waals surface area contributed by atoms with Crippen LogP contribution in [0.15, 0.2) is 30.5 Å². The SMILES string of the molecule is CCN(c1ccc(F)cc1)c1ncc(CO)s1. The number of thiazole rings is 1. The fourth-order valence-electron chi connectivity index (χ4n) is 1.54. The van der Waals surface area contributed by atoms with Gasteiger partial charge < -0.3 is 10.0 Å². The Morgan fingerprint density at radius 2 is 2.06 bits per heavy atom. The van der Waals surface area contributed by atoms with Gasteiger partial charge in [-0.2, -0.15) is 0 Å². The van der Waals surface area contributed by atoms with Crippen molar-refractivity contribution in [2.45, 2.75) is 13.5 Å². The van der Waals surface area contributed by atoms with E-state index in [0.29, 0.717) is 0 Å². The molecule has 0 aliphatic carbocycles. The van der Waals surface area contributed by atoms with Crippen molar-refractivity contribution in [1.82, 2.24) is 4.98 Å². The van der Waals surface area contributed by atoms with Gasteiger partial charge in [0.25, 0.3) is 0 Å². The number of halogens is 1. The third-order valence-corrected chi connectivity index (χ3v) is 3.39. The van der Waals surface area contributed by atoms with E-state index in [2.05, 4.69) is 4.98 Å². The van der Waals surface area contributed by atoms with Crippen LogP contribution in [0.2, 0.25) is 0 Å². The van der Waals surface area contributed by atoms with Gasteiger partial charge >= 0.3 is 0 Å². The summed E-state index contributed by atoms with van der Waals surface area (Å²) in [5.41, 5.74) is 0.896. The van der Waals surface area contributed by atoms with Gasteiger partial charge in [-0.05, 0) is 31.2 Å². The highest BCUT2D eigenvalue weighted by molar-refractivity contribution is 7.15. The van der Waals surface area contributed by atoms with E-state index in [1.807, 2.05) is 11.8 Å². The van der Waals surface area contributed by atoms with Crippen LogP contribution in [0.5, 0.6) is 0 Å². The molecule has 0 amide bonds. The number of aromatic nitrogens is 1. The fourth-order valence-corrected chi connectivity index (χ4v) is 2.40. The molecule has 90 valence electrons. The van der Waals surface area contributed by atoms with E-state index in [4.69, 9.17) is 5.11 Å². The maximum Gasteiger partial charge on any atom is 0.190 e. The zero-order valence-electron chi connectivity index (χ0n) is 9.43. The molecule has 1 heterocycles. The summed E-state index contributed by atoms with van der Waals surface area (Å²) in [7, 11) is 0. The zero-order valence-corrected chi connectivity index (χ0v) is 10.2. The summed E-state index contributed by atoms with van der Waals surface area (Å²) in [6.45, 7) is 2.74. The molecule has 0 atom stereocenters. The van der Waals surface area contributed by atoms with Crippen LogP contribution in [0.25, 0.3) is 0 Å². The summed E-state index contributed by atoms with van der Waals surface area (Å²) in [5, 5.41) is 9.82. The van der Waals surface area contributed by atoms with Crippen LogP contribution in [-0.4, -0.2) is 16.6 Å². The molecular formula is C12H13FN2OS. The fraction of sp³-hybridized carbons (Fsp3) is 0.250. The van der Waals surface area contributed by atoms with Gasteiger partial charge in [0.15, 0.2) is 5.13 Å². The van der Waals surface area contributed by atoms with Crippen LogP contribution in [0.4, 0.5) is 15.2 Å². The molecule has 2 rings (SSSR count). The van der Waals surface area contributed by atoms with Gasteiger partial charge in [-0.25, -0.2) is 9.37 Å². The number of aliphatic hydroxyl groups is 1. The Bertz CT molecular complexity index is 484. The first kappa shape index (κ1) is 12.0. The number of benzene rings is 1. The molecule has 0 saturated carbocycles. The molecule has 0 aliphatic heterocycles. The number of hydrogen-bond acceptors (Lipinski definition) is 4. The van der Waals surface area contributed by atoms with Crippen molar-refractivity contribution in [3.63, 3.8) is 0 Å². The highest BCUT2D eigenvalue weighted by Crippen LogP contribution is 2.29. The van der Waals surface area contributed by atoms with Crippen LogP contribution in [0.1, 0.15) is 11.8 Å². The average molecular weight is 252 g/mol. The number of nitrogens with zero attached hydrogens (tertiary/aromatic N) is 2. The van der Waals surface area contributed by atoms with Crippen LogP contribution < -0.4 is 4.90 Å². The van der Waals surface area contributed by atoms with Crippen molar-refractivity contribution < 1.29 is 9.50 Å². The molecule has 0 aliphatic rings. The number of anilines is 2. The molecular weight excluding hydrogens is 239 g/mol. The van der Waals surface area contributed by atoms with Gasteiger partial charge in [-0.3, -0.25) is 0 Å². The van der Waals surface area contributed by atoms with E-state index >= 15 is 0 Å². The van der Waals surface area contributed by atoms with E-state index in [9.17, 15) is 4.39 Å². The van der Waals surface area contributed by atoms with E-state index < -0.39 is 0 Å². The lowest BCUT2D eigenvalue weighted by Gasteiger charge is -2.19. The first-order valence-electron chi connectivity index (χ1n) is 5.33. The molecule has 0 unspecified atom stereocenters. The lowest BCUT2D eigenvalue weighted by atomic mass is 10.3. The summed E-state index contributed by atoms with van der Waals surface area (Å²) < 4.78 is 12.9. The van der Waals surface area contributed by atoms with Crippen LogP contribution in [0, 0.1) is 5.82 Å². The Hall–Kier alpha value is -1.46. The van der Waals surface area contributed by atoms with Crippen molar-refractivity contribution in [3.8, 4) is 0 Å². The van der Waals surface area contributed by atoms with E-state index in [0.717, 1.165) is 22.2 Å². The van der Waals surface area contributed by atoms with Crippen LogP contribution in [-0.2, 0) is 6.61 Å². The lowest BCUT2D eigenvalue weighted by Crippen LogP contribution is -2.15. The third kappa shape index (κ3) is 2.62. The van der Waals surface area contributed by atoms with E-state index in [1.54, 1.807) is 18.3 Å². The number of aliphatic hydroxyl groups excluding tert-OH is 1. The van der Waals surface area contributed by atoms with Gasteiger partial charge in [0.05, 0.1) is 11.5 Å². The quantitative estimate of drug-likeness (QED) is 0.909. The second-order valence-electron chi connectivity index (χ2n) is 3.49. The first-order chi connectivity index (χ1) is 8.24. The minimum atomic E-state index is -0.250. The second-order valence-corrected chi connectivity index (χ2v) is 4.58. The summed E-state index contributed by atoms with van der Waals surface area (Å²) in [5.74, 6) is -0.250. The minimum absolute atomic E-state index is 0.00135. The normalized spacial score (nSPS) is 10.5. The number of hydrogen-bond donors (Lipinski definition) is 1. The largest absolute Gasteiger partial charge is 0.391 e. The standard InChI is InChI=1S/C12H13FN2OS/c1-2-15(10-5-3-9(13)4-6-10)12-14-7-11(8-16)17-12/h3-7,16H,2,8H2,1H3. The molecule has 1 aromatic carbocycles. The molecule has 17 heavy (non-hydrogen) atoms. The van der Waals surface area contributed by atoms with Crippen molar-refractivity contribution in [2.24, 2.45) is 0 Å². The van der Waals surface area contributed by atoms with Crippen molar-refractivity contribution in [3.05, 3.63) is 41.2 Å². The van der Waals surface area contributed by atoms with E-state index in [1.165, 1.54) is 23.5 Å². The third-order valence-electron chi connectivity index (χ3n) is 2.38. The van der Waals surface area contributed by atoms with Gasteiger partial charge in [-0.1, -0.05) is 11.3 Å².